The van der Waals surface area contributed by atoms with Gasteiger partial charge in [0, 0.05) is 29.4 Å². The second-order valence-electron chi connectivity index (χ2n) is 6.28. The number of methoxy groups -OCH3 is 1. The number of ether oxygens (including phenoxy) is 2. The standard InChI is InChI=1S/C21H23NO3/c1-15-5-3-6-16(21(15)23)14-22-17-9-11-18(12-10-17)25-20-8-4-7-19(13-20)24-2/h4,7-15,22H,3,5-6H2,1-2H3/b16-14-/t15-/m0/s1. The summed E-state index contributed by atoms with van der Waals surface area (Å²) in [6, 6.07) is 15.1. The van der Waals surface area contributed by atoms with Crippen molar-refractivity contribution < 1.29 is 14.3 Å². The summed E-state index contributed by atoms with van der Waals surface area (Å²) in [5.74, 6) is 2.63. The maximum Gasteiger partial charge on any atom is 0.163 e. The van der Waals surface area contributed by atoms with Gasteiger partial charge in [0.25, 0.3) is 0 Å². The first-order valence-electron chi connectivity index (χ1n) is 8.57. The van der Waals surface area contributed by atoms with Crippen molar-refractivity contribution in [1.82, 2.24) is 0 Å². The molecule has 1 aliphatic rings. The highest BCUT2D eigenvalue weighted by Crippen LogP contribution is 2.27. The van der Waals surface area contributed by atoms with Crippen molar-refractivity contribution >= 4 is 11.5 Å². The lowest BCUT2D eigenvalue weighted by molar-refractivity contribution is -0.119. The van der Waals surface area contributed by atoms with Crippen molar-refractivity contribution in [1.29, 1.82) is 0 Å². The number of Topliss-reactive ketones (excluding diaryl/α,β-unsaturated/α-hetero) is 1. The fraction of sp³-hybridized carbons (Fsp3) is 0.286. The highest BCUT2D eigenvalue weighted by atomic mass is 16.5. The zero-order valence-electron chi connectivity index (χ0n) is 14.6. The van der Waals surface area contributed by atoms with E-state index in [0.717, 1.165) is 47.8 Å². The van der Waals surface area contributed by atoms with Gasteiger partial charge in [-0.3, -0.25) is 4.79 Å². The van der Waals surface area contributed by atoms with Gasteiger partial charge < -0.3 is 14.8 Å². The number of anilines is 1. The largest absolute Gasteiger partial charge is 0.497 e. The van der Waals surface area contributed by atoms with Gasteiger partial charge in [-0.2, -0.15) is 0 Å². The molecular weight excluding hydrogens is 314 g/mol. The first-order chi connectivity index (χ1) is 12.2. The number of benzene rings is 2. The molecule has 1 atom stereocenters. The summed E-state index contributed by atoms with van der Waals surface area (Å²) in [6.45, 7) is 2.00. The number of allylic oxidation sites excluding steroid dienone is 1. The van der Waals surface area contributed by atoms with Gasteiger partial charge in [-0.05, 0) is 55.7 Å². The van der Waals surface area contributed by atoms with E-state index in [1.165, 1.54) is 0 Å². The van der Waals surface area contributed by atoms with Crippen LogP contribution in [0, 0.1) is 5.92 Å². The number of carbonyl (C=O) groups excluding carboxylic acids is 1. The number of carbonyl (C=O) groups is 1. The minimum atomic E-state index is 0.139. The van der Waals surface area contributed by atoms with Gasteiger partial charge in [0.15, 0.2) is 5.78 Å². The molecule has 4 heteroatoms. The van der Waals surface area contributed by atoms with E-state index in [1.807, 2.05) is 61.7 Å². The van der Waals surface area contributed by atoms with E-state index in [9.17, 15) is 4.79 Å². The lowest BCUT2D eigenvalue weighted by atomic mass is 9.86. The fourth-order valence-electron chi connectivity index (χ4n) is 2.90. The van der Waals surface area contributed by atoms with Gasteiger partial charge >= 0.3 is 0 Å². The molecule has 1 aliphatic carbocycles. The van der Waals surface area contributed by atoms with E-state index in [1.54, 1.807) is 7.11 Å². The number of rotatable bonds is 5. The summed E-state index contributed by atoms with van der Waals surface area (Å²) in [5, 5.41) is 3.22. The molecule has 1 fully saturated rings. The SMILES string of the molecule is COc1cccc(Oc2ccc(N/C=C3/CCC[C@H](C)C3=O)cc2)c1. The predicted octanol–water partition coefficient (Wildman–Crippen LogP) is 5.17. The Hall–Kier alpha value is -2.75. The minimum Gasteiger partial charge on any atom is -0.497 e. The van der Waals surface area contributed by atoms with Crippen LogP contribution >= 0.6 is 0 Å². The molecule has 2 aromatic rings. The van der Waals surface area contributed by atoms with Crippen molar-refractivity contribution in [2.24, 2.45) is 5.92 Å². The molecule has 4 nitrogen and oxygen atoms in total. The van der Waals surface area contributed by atoms with Crippen molar-refractivity contribution in [3.05, 3.63) is 60.3 Å². The summed E-state index contributed by atoms with van der Waals surface area (Å²) < 4.78 is 11.0. The molecule has 0 aromatic heterocycles. The van der Waals surface area contributed by atoms with Gasteiger partial charge in [0.05, 0.1) is 7.11 Å². The summed E-state index contributed by atoms with van der Waals surface area (Å²) in [5.41, 5.74) is 1.81. The number of hydrogen-bond donors (Lipinski definition) is 1. The topological polar surface area (TPSA) is 47.6 Å². The zero-order chi connectivity index (χ0) is 17.6. The molecule has 130 valence electrons. The van der Waals surface area contributed by atoms with E-state index in [-0.39, 0.29) is 11.7 Å². The molecule has 1 saturated carbocycles. The second kappa shape index (κ2) is 7.88. The molecular formula is C21H23NO3. The number of hydrogen-bond acceptors (Lipinski definition) is 4. The highest BCUT2D eigenvalue weighted by molar-refractivity contribution is 5.97. The van der Waals surface area contributed by atoms with Gasteiger partial charge in [0.1, 0.15) is 17.2 Å². The van der Waals surface area contributed by atoms with Crippen LogP contribution in [0.15, 0.2) is 60.3 Å². The Labute approximate surface area is 148 Å². The average Bonchev–Trinajstić information content (AvgIpc) is 2.64. The predicted molar refractivity (Wildman–Crippen MR) is 99.2 cm³/mol. The average molecular weight is 337 g/mol. The molecule has 0 amide bonds. The van der Waals surface area contributed by atoms with Crippen LogP contribution in [0.3, 0.4) is 0 Å². The van der Waals surface area contributed by atoms with Crippen molar-refractivity contribution in [3.63, 3.8) is 0 Å². The molecule has 3 rings (SSSR count). The van der Waals surface area contributed by atoms with Crippen LogP contribution in [0.2, 0.25) is 0 Å². The molecule has 0 saturated heterocycles. The maximum atomic E-state index is 12.1. The monoisotopic (exact) mass is 337 g/mol. The summed E-state index contributed by atoms with van der Waals surface area (Å²) in [7, 11) is 1.63. The van der Waals surface area contributed by atoms with Gasteiger partial charge in [-0.25, -0.2) is 0 Å². The third-order valence-electron chi connectivity index (χ3n) is 4.39. The third kappa shape index (κ3) is 4.41. The smallest absolute Gasteiger partial charge is 0.163 e. The summed E-state index contributed by atoms with van der Waals surface area (Å²) >= 11 is 0. The summed E-state index contributed by atoms with van der Waals surface area (Å²) in [6.07, 6.45) is 4.77. The van der Waals surface area contributed by atoms with Gasteiger partial charge in [0.2, 0.25) is 0 Å². The van der Waals surface area contributed by atoms with Crippen molar-refractivity contribution in [2.75, 3.05) is 12.4 Å². The Morgan fingerprint density at radius 1 is 1.08 bits per heavy atom. The van der Waals surface area contributed by atoms with Crippen molar-refractivity contribution in [3.8, 4) is 17.2 Å². The van der Waals surface area contributed by atoms with Crippen LogP contribution in [0.1, 0.15) is 26.2 Å². The van der Waals surface area contributed by atoms with E-state index in [4.69, 9.17) is 9.47 Å². The molecule has 0 radical (unpaired) electrons. The molecule has 0 heterocycles. The number of nitrogens with one attached hydrogen (secondary N) is 1. The van der Waals surface area contributed by atoms with E-state index in [0.29, 0.717) is 0 Å². The first-order valence-corrected chi connectivity index (χ1v) is 8.57. The lowest BCUT2D eigenvalue weighted by Crippen LogP contribution is -2.19. The first kappa shape index (κ1) is 17.1. The van der Waals surface area contributed by atoms with Crippen LogP contribution in [0.25, 0.3) is 0 Å². The Bertz CT molecular complexity index is 765. The normalized spacial score (nSPS) is 18.9. The summed E-state index contributed by atoms with van der Waals surface area (Å²) in [4.78, 5) is 12.1. The third-order valence-corrected chi connectivity index (χ3v) is 4.39. The molecule has 1 N–H and O–H groups in total. The number of ketones is 1. The Balaban J connectivity index is 1.63. The van der Waals surface area contributed by atoms with Crippen LogP contribution < -0.4 is 14.8 Å². The molecule has 0 unspecified atom stereocenters. The van der Waals surface area contributed by atoms with Crippen LogP contribution in [0.5, 0.6) is 17.2 Å². The van der Waals surface area contributed by atoms with Gasteiger partial charge in [-0.15, -0.1) is 0 Å². The molecule has 25 heavy (non-hydrogen) atoms. The Kier molecular flexibility index (Phi) is 5.39. The van der Waals surface area contributed by atoms with E-state index in [2.05, 4.69) is 5.32 Å². The highest BCUT2D eigenvalue weighted by Gasteiger charge is 2.22. The van der Waals surface area contributed by atoms with Crippen LogP contribution in [-0.2, 0) is 4.79 Å². The van der Waals surface area contributed by atoms with E-state index < -0.39 is 0 Å². The molecule has 0 aliphatic heterocycles. The Morgan fingerprint density at radius 2 is 1.84 bits per heavy atom. The van der Waals surface area contributed by atoms with Gasteiger partial charge in [-0.1, -0.05) is 13.0 Å². The molecule has 0 bridgehead atoms. The fourth-order valence-corrected chi connectivity index (χ4v) is 2.90. The second-order valence-corrected chi connectivity index (χ2v) is 6.28. The zero-order valence-corrected chi connectivity index (χ0v) is 14.6. The Morgan fingerprint density at radius 3 is 2.60 bits per heavy atom. The van der Waals surface area contributed by atoms with Crippen molar-refractivity contribution in [2.45, 2.75) is 26.2 Å². The molecule has 0 spiro atoms. The van der Waals surface area contributed by atoms with E-state index >= 15 is 0 Å². The minimum absolute atomic E-state index is 0.139. The lowest BCUT2D eigenvalue weighted by Gasteiger charge is -2.19. The van der Waals surface area contributed by atoms with Crippen LogP contribution in [-0.4, -0.2) is 12.9 Å². The molecule has 2 aromatic carbocycles. The quantitative estimate of drug-likeness (QED) is 0.764. The van der Waals surface area contributed by atoms with Crippen LogP contribution in [0.4, 0.5) is 5.69 Å². The maximum absolute atomic E-state index is 12.1.